The molecule has 0 atom stereocenters. The Morgan fingerprint density at radius 2 is 2.50 bits per heavy atom. The van der Waals surface area contributed by atoms with E-state index >= 15 is 0 Å². The first-order chi connectivity index (χ1) is 5.66. The Balaban J connectivity index is 2.88. The van der Waals surface area contributed by atoms with Crippen LogP contribution in [0.15, 0.2) is 5.38 Å². The number of aromatic nitrogens is 1. The zero-order chi connectivity index (χ0) is 9.14. The maximum Gasteiger partial charge on any atom is 0.379 e. The third-order valence-electron chi connectivity index (χ3n) is 1.47. The van der Waals surface area contributed by atoms with Crippen LogP contribution in [0, 0.1) is 0 Å². The summed E-state index contributed by atoms with van der Waals surface area (Å²) in [4.78, 5) is 11.2. The van der Waals surface area contributed by atoms with Crippen LogP contribution in [-0.4, -0.2) is 12.6 Å². The van der Waals surface area contributed by atoms with Gasteiger partial charge >= 0.3 is 11.1 Å². The molecule has 1 heterocycles. The average molecular weight is 187 g/mol. The van der Waals surface area contributed by atoms with Gasteiger partial charge in [0, 0.05) is 0 Å². The normalized spacial score (nSPS) is 9.83. The largest absolute Gasteiger partial charge is 0.460 e. The van der Waals surface area contributed by atoms with Gasteiger partial charge in [0.25, 0.3) is 0 Å². The summed E-state index contributed by atoms with van der Waals surface area (Å²) in [6, 6.07) is 0. The molecule has 4 nitrogen and oxygen atoms in total. The van der Waals surface area contributed by atoms with Crippen LogP contribution in [0.2, 0.25) is 0 Å². The van der Waals surface area contributed by atoms with Crippen molar-refractivity contribution < 1.29 is 14.1 Å². The Morgan fingerprint density at radius 1 is 1.83 bits per heavy atom. The molecule has 0 unspecified atom stereocenters. The highest BCUT2D eigenvalue weighted by Crippen LogP contribution is 2.08. The van der Waals surface area contributed by atoms with Crippen molar-refractivity contribution >= 4 is 22.4 Å². The van der Waals surface area contributed by atoms with Gasteiger partial charge in [-0.2, -0.15) is 0 Å². The van der Waals surface area contributed by atoms with Gasteiger partial charge in [0.05, 0.1) is 19.0 Å². The summed E-state index contributed by atoms with van der Waals surface area (Å²) in [7, 11) is 1.73. The lowest BCUT2D eigenvalue weighted by Crippen LogP contribution is -2.36. The highest BCUT2D eigenvalue weighted by molar-refractivity contribution is 7.13. The molecule has 2 N–H and O–H groups in total. The maximum atomic E-state index is 11.2. The summed E-state index contributed by atoms with van der Waals surface area (Å²) in [5.41, 5.74) is 6.05. The van der Waals surface area contributed by atoms with E-state index in [0.717, 1.165) is 0 Å². The van der Waals surface area contributed by atoms with Crippen LogP contribution in [-0.2, 0) is 11.8 Å². The summed E-state index contributed by atoms with van der Waals surface area (Å²) >= 11 is 1.33. The molecule has 1 rings (SSSR count). The molecular weight excluding hydrogens is 176 g/mol. The van der Waals surface area contributed by atoms with Gasteiger partial charge in [0.1, 0.15) is 0 Å². The second-order valence-corrected chi connectivity index (χ2v) is 3.13. The molecular formula is C7H11N2O2S+. The number of anilines is 1. The number of nitrogens with zero attached hydrogens (tertiary/aromatic N) is 1. The lowest BCUT2D eigenvalue weighted by molar-refractivity contribution is -0.655. The van der Waals surface area contributed by atoms with Crippen LogP contribution in [0.4, 0.5) is 5.13 Å². The molecule has 1 aromatic rings. The van der Waals surface area contributed by atoms with Crippen LogP contribution in [0.25, 0.3) is 0 Å². The van der Waals surface area contributed by atoms with Gasteiger partial charge in [0.2, 0.25) is 5.69 Å². The van der Waals surface area contributed by atoms with Gasteiger partial charge in [0.15, 0.2) is 0 Å². The summed E-state index contributed by atoms with van der Waals surface area (Å²) in [5, 5.41) is 2.28. The molecule has 0 spiro atoms. The number of rotatable bonds is 2. The summed E-state index contributed by atoms with van der Waals surface area (Å²) in [6.45, 7) is 2.15. The molecule has 12 heavy (non-hydrogen) atoms. The van der Waals surface area contributed by atoms with Gasteiger partial charge in [-0.1, -0.05) is 11.3 Å². The van der Waals surface area contributed by atoms with Crippen LogP contribution < -0.4 is 10.3 Å². The van der Waals surface area contributed by atoms with Crippen molar-refractivity contribution in [2.45, 2.75) is 6.92 Å². The van der Waals surface area contributed by atoms with E-state index in [4.69, 9.17) is 10.5 Å². The van der Waals surface area contributed by atoms with E-state index < -0.39 is 0 Å². The van der Waals surface area contributed by atoms with Crippen LogP contribution in [0.3, 0.4) is 0 Å². The van der Waals surface area contributed by atoms with Crippen LogP contribution >= 0.6 is 11.3 Å². The molecule has 66 valence electrons. The predicted molar refractivity (Wildman–Crippen MR) is 45.9 cm³/mol. The second kappa shape index (κ2) is 3.53. The Hall–Kier alpha value is -1.10. The van der Waals surface area contributed by atoms with E-state index in [2.05, 4.69) is 0 Å². The Morgan fingerprint density at radius 3 is 2.92 bits per heavy atom. The topological polar surface area (TPSA) is 56.2 Å². The van der Waals surface area contributed by atoms with E-state index in [1.165, 1.54) is 11.3 Å². The zero-order valence-corrected chi connectivity index (χ0v) is 7.85. The molecule has 5 heteroatoms. The molecule has 0 bridgehead atoms. The van der Waals surface area contributed by atoms with Crippen molar-refractivity contribution in [2.75, 3.05) is 12.3 Å². The number of nitrogens with two attached hydrogens (primary N) is 1. The average Bonchev–Trinajstić information content (AvgIpc) is 2.34. The number of nitrogen functional groups attached to an aromatic ring is 1. The minimum absolute atomic E-state index is 0.326. The minimum atomic E-state index is -0.326. The van der Waals surface area contributed by atoms with Crippen molar-refractivity contribution in [2.24, 2.45) is 7.05 Å². The molecule has 0 aliphatic heterocycles. The van der Waals surface area contributed by atoms with E-state index in [0.29, 0.717) is 17.4 Å². The van der Waals surface area contributed by atoms with Crippen LogP contribution in [0.5, 0.6) is 0 Å². The van der Waals surface area contributed by atoms with Gasteiger partial charge in [-0.05, 0) is 6.92 Å². The van der Waals surface area contributed by atoms with Crippen molar-refractivity contribution in [1.29, 1.82) is 0 Å². The van der Waals surface area contributed by atoms with Gasteiger partial charge in [-0.3, -0.25) is 5.73 Å². The first-order valence-corrected chi connectivity index (χ1v) is 4.45. The van der Waals surface area contributed by atoms with Gasteiger partial charge < -0.3 is 4.74 Å². The first kappa shape index (κ1) is 8.99. The van der Waals surface area contributed by atoms with E-state index in [-0.39, 0.29) is 5.97 Å². The minimum Gasteiger partial charge on any atom is -0.460 e. The lowest BCUT2D eigenvalue weighted by atomic mass is 10.5. The highest BCUT2D eigenvalue weighted by atomic mass is 32.1. The lowest BCUT2D eigenvalue weighted by Gasteiger charge is -1.97. The number of carbonyl (C=O) groups is 1. The van der Waals surface area contributed by atoms with Gasteiger partial charge in [-0.25, -0.2) is 9.36 Å². The molecule has 0 radical (unpaired) electrons. The van der Waals surface area contributed by atoms with Crippen LogP contribution in [0.1, 0.15) is 17.4 Å². The third kappa shape index (κ3) is 1.55. The fourth-order valence-electron chi connectivity index (χ4n) is 0.783. The van der Waals surface area contributed by atoms with Crippen molar-refractivity contribution in [1.82, 2.24) is 0 Å². The molecule has 0 aliphatic carbocycles. The standard InChI is InChI=1S/C7H10N2O2S/c1-3-11-6(10)5-4-12-7(8)9(5)2/h4,8H,3H2,1-2H3/p+1. The molecule has 0 aliphatic rings. The fourth-order valence-corrected chi connectivity index (χ4v) is 1.53. The molecule has 1 aromatic heterocycles. The number of ether oxygens (including phenoxy) is 1. The highest BCUT2D eigenvalue weighted by Gasteiger charge is 2.18. The number of thiazole rings is 1. The van der Waals surface area contributed by atoms with Crippen molar-refractivity contribution in [3.05, 3.63) is 11.1 Å². The number of hydrogen-bond acceptors (Lipinski definition) is 4. The monoisotopic (exact) mass is 187 g/mol. The second-order valence-electron chi connectivity index (χ2n) is 2.24. The van der Waals surface area contributed by atoms with Crippen molar-refractivity contribution in [3.63, 3.8) is 0 Å². The summed E-state index contributed by atoms with van der Waals surface area (Å²) < 4.78 is 6.43. The Bertz CT molecular complexity index is 296. The fraction of sp³-hybridized carbons (Fsp3) is 0.429. The molecule has 0 saturated heterocycles. The van der Waals surface area contributed by atoms with Gasteiger partial charge in [-0.15, -0.1) is 0 Å². The summed E-state index contributed by atoms with van der Waals surface area (Å²) in [5.74, 6) is -0.326. The molecule has 0 fully saturated rings. The van der Waals surface area contributed by atoms with E-state index in [1.54, 1.807) is 23.9 Å². The smallest absolute Gasteiger partial charge is 0.379 e. The number of esters is 1. The zero-order valence-electron chi connectivity index (χ0n) is 7.03. The Labute approximate surface area is 74.6 Å². The third-order valence-corrected chi connectivity index (χ3v) is 2.32. The SMILES string of the molecule is CCOC(=O)c1csc(N)[n+]1C. The van der Waals surface area contributed by atoms with E-state index in [1.807, 2.05) is 0 Å². The number of carbonyl (C=O) groups excluding carboxylic acids is 1. The molecule has 0 saturated carbocycles. The molecule has 0 aromatic carbocycles. The predicted octanol–water partition coefficient (Wildman–Crippen LogP) is 0.332. The first-order valence-electron chi connectivity index (χ1n) is 3.57. The quantitative estimate of drug-likeness (QED) is 0.536. The Kier molecular flexibility index (Phi) is 2.65. The number of hydrogen-bond donors (Lipinski definition) is 1. The van der Waals surface area contributed by atoms with Crippen molar-refractivity contribution in [3.8, 4) is 0 Å². The molecule has 0 amide bonds. The summed E-state index contributed by atoms with van der Waals surface area (Å²) in [6.07, 6.45) is 0. The maximum absolute atomic E-state index is 11.2. The van der Waals surface area contributed by atoms with E-state index in [9.17, 15) is 4.79 Å².